The third-order valence-electron chi connectivity index (χ3n) is 2.67. The second-order valence-corrected chi connectivity index (χ2v) is 4.47. The van der Waals surface area contributed by atoms with Crippen molar-refractivity contribution in [2.45, 2.75) is 19.4 Å². The van der Waals surface area contributed by atoms with Crippen LogP contribution in [-0.2, 0) is 4.79 Å². The van der Waals surface area contributed by atoms with Gasteiger partial charge in [-0.1, -0.05) is 12.1 Å². The Hall–Kier alpha value is -2.28. The largest absolute Gasteiger partial charge is 0.492 e. The lowest BCUT2D eigenvalue weighted by atomic mass is 10.2. The first-order valence-corrected chi connectivity index (χ1v) is 6.60. The van der Waals surface area contributed by atoms with Gasteiger partial charge in [0.25, 0.3) is 0 Å². The molecule has 4 N–H and O–H groups in total. The molecule has 0 radical (unpaired) electrons. The van der Waals surface area contributed by atoms with Crippen LogP contribution in [0.4, 0.5) is 4.79 Å². The maximum Gasteiger partial charge on any atom is 0.326 e. The molecule has 0 saturated carbocycles. The van der Waals surface area contributed by atoms with E-state index in [0.29, 0.717) is 5.75 Å². The summed E-state index contributed by atoms with van der Waals surface area (Å²) in [6.45, 7) is 2.15. The van der Waals surface area contributed by atoms with Crippen LogP contribution in [0.3, 0.4) is 0 Å². The summed E-state index contributed by atoms with van der Waals surface area (Å²) < 4.78 is 5.44. The van der Waals surface area contributed by atoms with E-state index in [2.05, 4.69) is 10.6 Å². The standard InChI is InChI=1S/C14H20N2O5/c1-10-3-2-4-11(9-10)21-8-6-15-14(20)16-12(5-7-17)13(18)19/h2-4,9,12,17H,5-8H2,1H3,(H,18,19)(H2,15,16,20). The fourth-order valence-electron chi connectivity index (χ4n) is 1.63. The molecular weight excluding hydrogens is 276 g/mol. The number of hydrogen-bond donors (Lipinski definition) is 4. The van der Waals surface area contributed by atoms with Gasteiger partial charge in [0, 0.05) is 13.0 Å². The van der Waals surface area contributed by atoms with Gasteiger partial charge >= 0.3 is 12.0 Å². The van der Waals surface area contributed by atoms with Crippen molar-refractivity contribution in [2.75, 3.05) is 19.8 Å². The molecule has 0 aliphatic rings. The predicted octanol–water partition coefficient (Wildman–Crippen LogP) is 0.509. The summed E-state index contributed by atoms with van der Waals surface area (Å²) in [7, 11) is 0. The summed E-state index contributed by atoms with van der Waals surface area (Å²) in [6, 6.07) is 5.80. The van der Waals surface area contributed by atoms with Gasteiger partial charge in [-0.2, -0.15) is 0 Å². The predicted molar refractivity (Wildman–Crippen MR) is 76.3 cm³/mol. The van der Waals surface area contributed by atoms with Crippen molar-refractivity contribution in [3.63, 3.8) is 0 Å². The molecule has 0 aliphatic heterocycles. The molecule has 0 aliphatic carbocycles. The molecular formula is C14H20N2O5. The summed E-state index contributed by atoms with van der Waals surface area (Å²) in [4.78, 5) is 22.3. The van der Waals surface area contributed by atoms with E-state index in [0.717, 1.165) is 5.56 Å². The first kappa shape index (κ1) is 16.8. The number of urea groups is 1. The molecule has 1 unspecified atom stereocenters. The number of carbonyl (C=O) groups is 2. The van der Waals surface area contributed by atoms with Gasteiger partial charge in [-0.25, -0.2) is 9.59 Å². The molecule has 1 atom stereocenters. The van der Waals surface area contributed by atoms with Gasteiger partial charge in [0.15, 0.2) is 0 Å². The highest BCUT2D eigenvalue weighted by molar-refractivity contribution is 5.82. The molecule has 1 aromatic rings. The molecule has 21 heavy (non-hydrogen) atoms. The number of aliphatic hydroxyl groups is 1. The lowest BCUT2D eigenvalue weighted by Gasteiger charge is -2.14. The third kappa shape index (κ3) is 6.62. The number of carboxylic acids is 1. The molecule has 1 rings (SSSR count). The zero-order chi connectivity index (χ0) is 15.7. The molecule has 0 aromatic heterocycles. The summed E-state index contributed by atoms with van der Waals surface area (Å²) in [5, 5.41) is 22.3. The summed E-state index contributed by atoms with van der Waals surface area (Å²) >= 11 is 0. The highest BCUT2D eigenvalue weighted by atomic mass is 16.5. The Morgan fingerprint density at radius 3 is 2.76 bits per heavy atom. The lowest BCUT2D eigenvalue weighted by Crippen LogP contribution is -2.47. The Kier molecular flexibility index (Phi) is 7.03. The minimum Gasteiger partial charge on any atom is -0.492 e. The van der Waals surface area contributed by atoms with E-state index in [9.17, 15) is 9.59 Å². The van der Waals surface area contributed by atoms with E-state index >= 15 is 0 Å². The van der Waals surface area contributed by atoms with Crippen molar-refractivity contribution in [3.05, 3.63) is 29.8 Å². The number of aliphatic hydroxyl groups excluding tert-OH is 1. The number of amides is 2. The van der Waals surface area contributed by atoms with Gasteiger partial charge in [0.05, 0.1) is 6.54 Å². The second kappa shape index (κ2) is 8.80. The molecule has 1 aromatic carbocycles. The quantitative estimate of drug-likeness (QED) is 0.523. The number of rotatable bonds is 8. The minimum atomic E-state index is -1.18. The number of aliphatic carboxylic acids is 1. The Morgan fingerprint density at radius 2 is 2.14 bits per heavy atom. The van der Waals surface area contributed by atoms with Crippen LogP contribution >= 0.6 is 0 Å². The fourth-order valence-corrected chi connectivity index (χ4v) is 1.63. The number of aryl methyl sites for hydroxylation is 1. The minimum absolute atomic E-state index is 0.0391. The fraction of sp³-hybridized carbons (Fsp3) is 0.429. The number of carboxylic acid groups (broad SMARTS) is 1. The molecule has 0 bridgehead atoms. The van der Waals surface area contributed by atoms with Crippen LogP contribution in [0.5, 0.6) is 5.75 Å². The van der Waals surface area contributed by atoms with Crippen molar-refractivity contribution in [1.29, 1.82) is 0 Å². The van der Waals surface area contributed by atoms with Gasteiger partial charge in [-0.3, -0.25) is 0 Å². The number of benzene rings is 1. The monoisotopic (exact) mass is 296 g/mol. The van der Waals surface area contributed by atoms with E-state index in [1.54, 1.807) is 0 Å². The van der Waals surface area contributed by atoms with Crippen molar-refractivity contribution in [2.24, 2.45) is 0 Å². The topological polar surface area (TPSA) is 108 Å². The van der Waals surface area contributed by atoms with Crippen molar-refractivity contribution < 1.29 is 24.5 Å². The van der Waals surface area contributed by atoms with Crippen LogP contribution in [0.25, 0.3) is 0 Å². The van der Waals surface area contributed by atoms with Crippen LogP contribution in [0.1, 0.15) is 12.0 Å². The Balaban J connectivity index is 2.25. The molecule has 0 fully saturated rings. The van der Waals surface area contributed by atoms with E-state index in [-0.39, 0.29) is 26.2 Å². The molecule has 0 heterocycles. The second-order valence-electron chi connectivity index (χ2n) is 4.47. The first-order valence-electron chi connectivity index (χ1n) is 6.60. The first-order chi connectivity index (χ1) is 10.0. The maximum absolute atomic E-state index is 11.5. The molecule has 116 valence electrons. The zero-order valence-corrected chi connectivity index (χ0v) is 11.8. The summed E-state index contributed by atoms with van der Waals surface area (Å²) in [6.07, 6.45) is -0.0391. The summed E-state index contributed by atoms with van der Waals surface area (Å²) in [5.74, 6) is -0.476. The molecule has 7 heteroatoms. The Bertz CT molecular complexity index is 478. The van der Waals surface area contributed by atoms with Gasteiger partial charge < -0.3 is 25.6 Å². The van der Waals surface area contributed by atoms with Gasteiger partial charge in [-0.15, -0.1) is 0 Å². The maximum atomic E-state index is 11.5. The van der Waals surface area contributed by atoms with Crippen molar-refractivity contribution in [1.82, 2.24) is 10.6 Å². The number of ether oxygens (including phenoxy) is 1. The molecule has 7 nitrogen and oxygen atoms in total. The lowest BCUT2D eigenvalue weighted by molar-refractivity contribution is -0.139. The van der Waals surface area contributed by atoms with Crippen LogP contribution in [-0.4, -0.2) is 48.0 Å². The van der Waals surface area contributed by atoms with Crippen molar-refractivity contribution in [3.8, 4) is 5.75 Å². The van der Waals surface area contributed by atoms with Crippen LogP contribution in [0.15, 0.2) is 24.3 Å². The average Bonchev–Trinajstić information content (AvgIpc) is 2.43. The van der Waals surface area contributed by atoms with E-state index < -0.39 is 18.0 Å². The molecule has 0 saturated heterocycles. The highest BCUT2D eigenvalue weighted by Crippen LogP contribution is 2.11. The smallest absolute Gasteiger partial charge is 0.326 e. The van der Waals surface area contributed by atoms with Gasteiger partial charge in [-0.05, 0) is 24.6 Å². The average molecular weight is 296 g/mol. The normalized spacial score (nSPS) is 11.5. The van der Waals surface area contributed by atoms with E-state index in [1.165, 1.54) is 0 Å². The number of nitrogens with one attached hydrogen (secondary N) is 2. The van der Waals surface area contributed by atoms with Gasteiger partial charge in [0.2, 0.25) is 0 Å². The number of hydrogen-bond acceptors (Lipinski definition) is 4. The third-order valence-corrected chi connectivity index (χ3v) is 2.67. The highest BCUT2D eigenvalue weighted by Gasteiger charge is 2.18. The van der Waals surface area contributed by atoms with Crippen LogP contribution in [0, 0.1) is 6.92 Å². The Labute approximate surface area is 122 Å². The zero-order valence-electron chi connectivity index (χ0n) is 11.8. The van der Waals surface area contributed by atoms with Crippen molar-refractivity contribution >= 4 is 12.0 Å². The van der Waals surface area contributed by atoms with E-state index in [4.69, 9.17) is 14.9 Å². The SMILES string of the molecule is Cc1cccc(OCCNC(=O)NC(CCO)C(=O)O)c1. The van der Waals surface area contributed by atoms with E-state index in [1.807, 2.05) is 31.2 Å². The van der Waals surface area contributed by atoms with Crippen LogP contribution in [0.2, 0.25) is 0 Å². The number of carbonyl (C=O) groups excluding carboxylic acids is 1. The molecule has 0 spiro atoms. The Morgan fingerprint density at radius 1 is 1.38 bits per heavy atom. The van der Waals surface area contributed by atoms with Crippen LogP contribution < -0.4 is 15.4 Å². The van der Waals surface area contributed by atoms with Gasteiger partial charge in [0.1, 0.15) is 18.4 Å². The summed E-state index contributed by atoms with van der Waals surface area (Å²) in [5.41, 5.74) is 1.08. The molecule has 2 amide bonds.